The molecule has 4 aromatic rings. The van der Waals surface area contributed by atoms with Crippen molar-refractivity contribution in [2.75, 3.05) is 37.7 Å². The number of para-hydroxylation sites is 2. The summed E-state index contributed by atoms with van der Waals surface area (Å²) in [5.41, 5.74) is 1.18. The van der Waals surface area contributed by atoms with Crippen LogP contribution in [0.25, 0.3) is 16.7 Å². The maximum atomic E-state index is 14.7. The molecule has 0 aliphatic carbocycles. The number of carbonyl (C=O) groups excluding carboxylic acids is 2. The highest BCUT2D eigenvalue weighted by molar-refractivity contribution is 6.45. The Morgan fingerprint density at radius 3 is 2.71 bits per heavy atom. The number of anilines is 1. The number of piperazine rings is 1. The third kappa shape index (κ3) is 3.74. The van der Waals surface area contributed by atoms with Gasteiger partial charge >= 0.3 is 0 Å². The quantitative estimate of drug-likeness (QED) is 0.345. The molecule has 34 heavy (non-hydrogen) atoms. The van der Waals surface area contributed by atoms with Crippen LogP contribution in [0.15, 0.2) is 49.1 Å². The van der Waals surface area contributed by atoms with Crippen LogP contribution in [-0.2, 0) is 4.79 Å². The first-order valence-corrected chi connectivity index (χ1v) is 10.9. The smallest absolute Gasteiger partial charge is 0.295 e. The van der Waals surface area contributed by atoms with Gasteiger partial charge in [-0.1, -0.05) is 17.3 Å². The highest BCUT2D eigenvalue weighted by atomic mass is 19.1. The van der Waals surface area contributed by atoms with E-state index in [1.807, 2.05) is 31.2 Å². The van der Waals surface area contributed by atoms with Crippen LogP contribution in [0.4, 0.5) is 10.1 Å². The zero-order valence-corrected chi connectivity index (χ0v) is 18.4. The number of ketones is 1. The lowest BCUT2D eigenvalue weighted by atomic mass is 10.1. The molecule has 1 fully saturated rings. The number of amides is 1. The molecule has 0 atom stereocenters. The predicted molar refractivity (Wildman–Crippen MR) is 122 cm³/mol. The minimum atomic E-state index is -0.774. The Labute approximate surface area is 193 Å². The first kappa shape index (κ1) is 21.6. The van der Waals surface area contributed by atoms with E-state index >= 15 is 0 Å². The van der Waals surface area contributed by atoms with Crippen molar-refractivity contribution in [1.82, 2.24) is 29.9 Å². The SMILES string of the molecule is CCOc1ccccc1N1CCN(C(=O)C(=O)c2c[nH]c3c(-n4ccnn4)ncc(F)c23)CC1. The van der Waals surface area contributed by atoms with Crippen molar-refractivity contribution in [3.05, 3.63) is 60.4 Å². The Kier molecular flexibility index (Phi) is 5.66. The molecule has 10 nitrogen and oxygen atoms in total. The average molecular weight is 463 g/mol. The second-order valence-electron chi connectivity index (χ2n) is 7.74. The number of aromatic nitrogens is 5. The van der Waals surface area contributed by atoms with E-state index in [0.717, 1.165) is 17.6 Å². The fraction of sp³-hybridized carbons (Fsp3) is 0.261. The number of hydrogen-bond acceptors (Lipinski definition) is 7. The number of aromatic amines is 1. The second-order valence-corrected chi connectivity index (χ2v) is 7.74. The second kappa shape index (κ2) is 8.93. The van der Waals surface area contributed by atoms with E-state index in [-0.39, 0.29) is 22.3 Å². The van der Waals surface area contributed by atoms with Gasteiger partial charge in [-0.25, -0.2) is 14.1 Å². The number of benzene rings is 1. The summed E-state index contributed by atoms with van der Waals surface area (Å²) in [4.78, 5) is 36.7. The molecule has 4 heterocycles. The summed E-state index contributed by atoms with van der Waals surface area (Å²) in [7, 11) is 0. The highest BCUT2D eigenvalue weighted by Crippen LogP contribution is 2.29. The number of hydrogen-bond donors (Lipinski definition) is 1. The lowest BCUT2D eigenvalue weighted by molar-refractivity contribution is -0.126. The Morgan fingerprint density at radius 1 is 1.18 bits per heavy atom. The predicted octanol–water partition coefficient (Wildman–Crippen LogP) is 2.21. The Balaban J connectivity index is 1.35. The number of halogens is 1. The molecule has 1 aliphatic rings. The molecular weight excluding hydrogens is 441 g/mol. The molecule has 1 aromatic carbocycles. The molecule has 0 bridgehead atoms. The van der Waals surface area contributed by atoms with Gasteiger partial charge in [0.1, 0.15) is 5.75 Å². The summed E-state index contributed by atoms with van der Waals surface area (Å²) < 4.78 is 21.7. The number of H-pyrrole nitrogens is 1. The van der Waals surface area contributed by atoms with Gasteiger partial charge in [-0.15, -0.1) is 5.10 Å². The molecule has 11 heteroatoms. The monoisotopic (exact) mass is 463 g/mol. The zero-order chi connectivity index (χ0) is 23.7. The molecule has 174 valence electrons. The Bertz CT molecular complexity index is 1340. The molecule has 3 aromatic heterocycles. The molecule has 5 rings (SSSR count). The van der Waals surface area contributed by atoms with E-state index in [1.54, 1.807) is 6.20 Å². The van der Waals surface area contributed by atoms with Gasteiger partial charge in [0, 0.05) is 32.4 Å². The van der Waals surface area contributed by atoms with Crippen molar-refractivity contribution >= 4 is 28.3 Å². The van der Waals surface area contributed by atoms with Crippen LogP contribution in [0.5, 0.6) is 5.75 Å². The molecule has 1 amide bonds. The number of nitrogens with one attached hydrogen (secondary N) is 1. The molecule has 0 unspecified atom stereocenters. The first-order chi connectivity index (χ1) is 16.6. The number of nitrogens with zero attached hydrogens (tertiary/aromatic N) is 6. The number of pyridine rings is 1. The topological polar surface area (TPSA) is 109 Å². The van der Waals surface area contributed by atoms with Crippen molar-refractivity contribution in [3.63, 3.8) is 0 Å². The lowest BCUT2D eigenvalue weighted by Crippen LogP contribution is -2.50. The van der Waals surface area contributed by atoms with Crippen molar-refractivity contribution in [1.29, 1.82) is 0 Å². The van der Waals surface area contributed by atoms with Crippen molar-refractivity contribution in [3.8, 4) is 11.6 Å². The maximum absolute atomic E-state index is 14.7. The lowest BCUT2D eigenvalue weighted by Gasteiger charge is -2.36. The van der Waals surface area contributed by atoms with Gasteiger partial charge in [-0.05, 0) is 19.1 Å². The van der Waals surface area contributed by atoms with E-state index in [1.165, 1.54) is 22.0 Å². The van der Waals surface area contributed by atoms with Gasteiger partial charge in [0.25, 0.3) is 11.7 Å². The van der Waals surface area contributed by atoms with Crippen molar-refractivity contribution in [2.24, 2.45) is 0 Å². The fourth-order valence-electron chi connectivity index (χ4n) is 4.17. The van der Waals surface area contributed by atoms with E-state index in [0.29, 0.717) is 32.8 Å². The summed E-state index contributed by atoms with van der Waals surface area (Å²) in [6.07, 6.45) is 5.35. The molecule has 0 radical (unpaired) electrons. The molecule has 0 spiro atoms. The van der Waals surface area contributed by atoms with Crippen LogP contribution in [0.3, 0.4) is 0 Å². The van der Waals surface area contributed by atoms with E-state index in [4.69, 9.17) is 4.74 Å². The minimum Gasteiger partial charge on any atom is -0.492 e. The zero-order valence-electron chi connectivity index (χ0n) is 18.4. The summed E-state index contributed by atoms with van der Waals surface area (Å²) in [5, 5.41) is 7.60. The van der Waals surface area contributed by atoms with Crippen molar-refractivity contribution in [2.45, 2.75) is 6.92 Å². The molecular formula is C23H22FN7O3. The maximum Gasteiger partial charge on any atom is 0.295 e. The third-order valence-corrected chi connectivity index (χ3v) is 5.79. The number of fused-ring (bicyclic) bond motifs is 1. The fourth-order valence-corrected chi connectivity index (χ4v) is 4.17. The Morgan fingerprint density at radius 2 is 1.97 bits per heavy atom. The minimum absolute atomic E-state index is 0.00290. The van der Waals surface area contributed by atoms with E-state index in [2.05, 4.69) is 25.2 Å². The summed E-state index contributed by atoms with van der Waals surface area (Å²) >= 11 is 0. The van der Waals surface area contributed by atoms with Gasteiger partial charge in [-0.2, -0.15) is 0 Å². The normalized spacial score (nSPS) is 13.9. The Hall–Kier alpha value is -4.28. The van der Waals surface area contributed by atoms with Crippen LogP contribution >= 0.6 is 0 Å². The number of Topliss-reactive ketones (excluding diaryl/α,β-unsaturated/α-hetero) is 1. The average Bonchev–Trinajstić information content (AvgIpc) is 3.55. The van der Waals surface area contributed by atoms with Crippen LogP contribution in [-0.4, -0.2) is 74.3 Å². The van der Waals surface area contributed by atoms with Crippen LogP contribution in [0.2, 0.25) is 0 Å². The largest absolute Gasteiger partial charge is 0.492 e. The van der Waals surface area contributed by atoms with Gasteiger partial charge in [0.05, 0.1) is 47.4 Å². The summed E-state index contributed by atoms with van der Waals surface area (Å²) in [6.45, 7) is 4.30. The standard InChI is InChI=1S/C23H22FN7O3/c1-2-34-18-6-4-3-5-17(18)29-9-11-30(12-10-29)23(33)21(32)15-13-25-20-19(15)16(24)14-26-22(20)31-8-7-27-28-31/h3-8,13-14,25H,2,9-12H2,1H3. The van der Waals surface area contributed by atoms with E-state index in [9.17, 15) is 14.0 Å². The van der Waals surface area contributed by atoms with Gasteiger partial charge < -0.3 is 19.5 Å². The molecule has 0 saturated carbocycles. The highest BCUT2D eigenvalue weighted by Gasteiger charge is 2.30. The van der Waals surface area contributed by atoms with Gasteiger partial charge in [-0.3, -0.25) is 9.59 Å². The van der Waals surface area contributed by atoms with Crippen LogP contribution in [0, 0.1) is 5.82 Å². The molecule has 1 saturated heterocycles. The first-order valence-electron chi connectivity index (χ1n) is 10.9. The van der Waals surface area contributed by atoms with Crippen molar-refractivity contribution < 1.29 is 18.7 Å². The number of rotatable bonds is 6. The summed E-state index contributed by atoms with van der Waals surface area (Å²) in [6, 6.07) is 7.74. The summed E-state index contributed by atoms with van der Waals surface area (Å²) in [5.74, 6) is -1.08. The van der Waals surface area contributed by atoms with Crippen LogP contribution in [0.1, 0.15) is 17.3 Å². The van der Waals surface area contributed by atoms with Crippen LogP contribution < -0.4 is 9.64 Å². The third-order valence-electron chi connectivity index (χ3n) is 5.79. The van der Waals surface area contributed by atoms with Gasteiger partial charge in [0.15, 0.2) is 11.6 Å². The molecule has 1 N–H and O–H groups in total. The van der Waals surface area contributed by atoms with Gasteiger partial charge in [0.2, 0.25) is 0 Å². The number of ether oxygens (including phenoxy) is 1. The van der Waals surface area contributed by atoms with E-state index < -0.39 is 17.5 Å². The molecule has 1 aliphatic heterocycles. The number of carbonyl (C=O) groups is 2.